The first-order valence-electron chi connectivity index (χ1n) is 6.43. The third-order valence-electron chi connectivity index (χ3n) is 3.48. The van der Waals surface area contributed by atoms with Crippen molar-refractivity contribution in [2.75, 3.05) is 6.54 Å². The second-order valence-corrected chi connectivity index (χ2v) is 6.06. The van der Waals surface area contributed by atoms with Crippen molar-refractivity contribution < 1.29 is 0 Å². The Labute approximate surface area is 112 Å². The molecule has 2 nitrogen and oxygen atoms in total. The summed E-state index contributed by atoms with van der Waals surface area (Å²) in [5, 5.41) is 0. The maximum Gasteiger partial charge on any atom is 0.0419 e. The van der Waals surface area contributed by atoms with Crippen LogP contribution in [0, 0.1) is 0 Å². The predicted octanol–water partition coefficient (Wildman–Crippen LogP) is 3.25. The molecule has 1 aliphatic carbocycles. The van der Waals surface area contributed by atoms with Gasteiger partial charge in [0, 0.05) is 22.3 Å². The van der Waals surface area contributed by atoms with Crippen LogP contribution < -0.4 is 11.5 Å². The number of nitrogens with two attached hydrogens (primary N) is 2. The van der Waals surface area contributed by atoms with Crippen LogP contribution in [-0.2, 0) is 0 Å². The highest BCUT2D eigenvalue weighted by molar-refractivity contribution is 7.15. The van der Waals surface area contributed by atoms with Crippen molar-refractivity contribution in [2.24, 2.45) is 11.5 Å². The quantitative estimate of drug-likeness (QED) is 0.884. The van der Waals surface area contributed by atoms with Gasteiger partial charge >= 0.3 is 0 Å². The zero-order valence-corrected chi connectivity index (χ0v) is 11.1. The minimum atomic E-state index is -0.0515. The van der Waals surface area contributed by atoms with Crippen molar-refractivity contribution in [1.82, 2.24) is 0 Å². The van der Waals surface area contributed by atoms with Gasteiger partial charge < -0.3 is 11.5 Å². The van der Waals surface area contributed by atoms with Crippen molar-refractivity contribution in [3.8, 4) is 10.4 Å². The van der Waals surface area contributed by atoms with Crippen molar-refractivity contribution in [3.05, 3.63) is 46.8 Å². The molecule has 0 aliphatic heterocycles. The van der Waals surface area contributed by atoms with E-state index in [-0.39, 0.29) is 6.04 Å². The lowest BCUT2D eigenvalue weighted by Crippen LogP contribution is -2.20. The molecular weight excluding hydrogens is 240 g/mol. The standard InChI is InChI=1S/C15H18N2S/c16-9-13(17)10-1-3-11(4-2-10)14-7-8-15(18-14)12-5-6-12/h1-4,7-8,12-13H,5-6,9,16-17H2. The topological polar surface area (TPSA) is 52.0 Å². The van der Waals surface area contributed by atoms with Gasteiger partial charge in [0.1, 0.15) is 0 Å². The van der Waals surface area contributed by atoms with Crippen LogP contribution in [0.2, 0.25) is 0 Å². The molecular formula is C15H18N2S. The van der Waals surface area contributed by atoms with Crippen LogP contribution in [0.25, 0.3) is 10.4 Å². The van der Waals surface area contributed by atoms with Gasteiger partial charge in [0.05, 0.1) is 0 Å². The SMILES string of the molecule is NCC(N)c1ccc(-c2ccc(C3CC3)s2)cc1. The molecule has 1 saturated carbocycles. The van der Waals surface area contributed by atoms with E-state index in [0.29, 0.717) is 6.54 Å². The molecule has 3 rings (SSSR count). The molecule has 94 valence electrons. The number of thiophene rings is 1. The van der Waals surface area contributed by atoms with Crippen LogP contribution in [0.4, 0.5) is 0 Å². The fourth-order valence-corrected chi connectivity index (χ4v) is 3.31. The van der Waals surface area contributed by atoms with Gasteiger partial charge in [-0.1, -0.05) is 24.3 Å². The molecule has 1 atom stereocenters. The largest absolute Gasteiger partial charge is 0.329 e. The lowest BCUT2D eigenvalue weighted by atomic mass is 10.1. The first-order valence-corrected chi connectivity index (χ1v) is 7.25. The molecule has 1 fully saturated rings. The third-order valence-corrected chi connectivity index (χ3v) is 4.78. The summed E-state index contributed by atoms with van der Waals surface area (Å²) in [7, 11) is 0. The van der Waals surface area contributed by atoms with E-state index < -0.39 is 0 Å². The number of hydrogen-bond donors (Lipinski definition) is 2. The smallest absolute Gasteiger partial charge is 0.0419 e. The molecule has 0 radical (unpaired) electrons. The first kappa shape index (κ1) is 11.9. The minimum Gasteiger partial charge on any atom is -0.329 e. The number of hydrogen-bond acceptors (Lipinski definition) is 3. The molecule has 18 heavy (non-hydrogen) atoms. The highest BCUT2D eigenvalue weighted by Crippen LogP contribution is 2.45. The molecule has 1 aromatic heterocycles. The van der Waals surface area contributed by atoms with E-state index in [9.17, 15) is 0 Å². The summed E-state index contributed by atoms with van der Waals surface area (Å²) in [4.78, 5) is 2.89. The fourth-order valence-electron chi connectivity index (χ4n) is 2.13. The fraction of sp³-hybridized carbons (Fsp3) is 0.333. The monoisotopic (exact) mass is 258 g/mol. The van der Waals surface area contributed by atoms with Gasteiger partial charge in [-0.05, 0) is 42.0 Å². The van der Waals surface area contributed by atoms with Crippen LogP contribution in [0.15, 0.2) is 36.4 Å². The molecule has 0 amide bonds. The summed E-state index contributed by atoms with van der Waals surface area (Å²) in [5.41, 5.74) is 13.9. The Kier molecular flexibility index (Phi) is 3.20. The lowest BCUT2D eigenvalue weighted by Gasteiger charge is -2.09. The maximum atomic E-state index is 5.91. The summed E-state index contributed by atoms with van der Waals surface area (Å²) in [6.45, 7) is 0.490. The van der Waals surface area contributed by atoms with E-state index in [1.165, 1.54) is 28.2 Å². The summed E-state index contributed by atoms with van der Waals surface area (Å²) in [5.74, 6) is 0.841. The van der Waals surface area contributed by atoms with Crippen LogP contribution in [-0.4, -0.2) is 6.54 Å². The summed E-state index contributed by atoms with van der Waals surface area (Å²) < 4.78 is 0. The van der Waals surface area contributed by atoms with Gasteiger partial charge in [0.15, 0.2) is 0 Å². The average molecular weight is 258 g/mol. The zero-order chi connectivity index (χ0) is 12.5. The molecule has 1 aromatic carbocycles. The van der Waals surface area contributed by atoms with Crippen LogP contribution >= 0.6 is 11.3 Å². The second-order valence-electron chi connectivity index (χ2n) is 4.94. The summed E-state index contributed by atoms with van der Waals surface area (Å²) in [6.07, 6.45) is 2.73. The van der Waals surface area contributed by atoms with Gasteiger partial charge in [-0.15, -0.1) is 11.3 Å². The Morgan fingerprint density at radius 1 is 1.11 bits per heavy atom. The Hall–Kier alpha value is -1.16. The molecule has 4 N–H and O–H groups in total. The lowest BCUT2D eigenvalue weighted by molar-refractivity contribution is 0.737. The highest BCUT2D eigenvalue weighted by Gasteiger charge is 2.25. The maximum absolute atomic E-state index is 5.91. The van der Waals surface area contributed by atoms with Crippen molar-refractivity contribution in [1.29, 1.82) is 0 Å². The van der Waals surface area contributed by atoms with E-state index in [2.05, 4.69) is 36.4 Å². The number of benzene rings is 1. The molecule has 3 heteroatoms. The van der Waals surface area contributed by atoms with Crippen LogP contribution in [0.1, 0.15) is 35.2 Å². The molecule has 1 unspecified atom stereocenters. The Morgan fingerprint density at radius 3 is 2.44 bits per heavy atom. The van der Waals surface area contributed by atoms with Gasteiger partial charge in [-0.2, -0.15) is 0 Å². The Balaban J connectivity index is 1.82. The normalized spacial score (nSPS) is 16.8. The van der Waals surface area contributed by atoms with Gasteiger partial charge in [-0.3, -0.25) is 0 Å². The molecule has 1 aliphatic rings. The summed E-state index contributed by atoms with van der Waals surface area (Å²) >= 11 is 1.92. The Bertz CT molecular complexity index is 526. The molecule has 0 saturated heterocycles. The van der Waals surface area contributed by atoms with E-state index in [1.54, 1.807) is 0 Å². The van der Waals surface area contributed by atoms with Gasteiger partial charge in [-0.25, -0.2) is 0 Å². The van der Waals surface area contributed by atoms with Gasteiger partial charge in [0.2, 0.25) is 0 Å². The second kappa shape index (κ2) is 4.84. The molecule has 2 aromatic rings. The minimum absolute atomic E-state index is 0.0515. The highest BCUT2D eigenvalue weighted by atomic mass is 32.1. The zero-order valence-electron chi connectivity index (χ0n) is 10.3. The van der Waals surface area contributed by atoms with E-state index >= 15 is 0 Å². The van der Waals surface area contributed by atoms with Crippen LogP contribution in [0.3, 0.4) is 0 Å². The van der Waals surface area contributed by atoms with Crippen molar-refractivity contribution >= 4 is 11.3 Å². The van der Waals surface area contributed by atoms with Gasteiger partial charge in [0.25, 0.3) is 0 Å². The molecule has 0 bridgehead atoms. The van der Waals surface area contributed by atoms with Crippen LogP contribution in [0.5, 0.6) is 0 Å². The average Bonchev–Trinajstić information content (AvgIpc) is 3.16. The Morgan fingerprint density at radius 2 is 1.83 bits per heavy atom. The molecule has 1 heterocycles. The van der Waals surface area contributed by atoms with Crippen molar-refractivity contribution in [2.45, 2.75) is 24.8 Å². The predicted molar refractivity (Wildman–Crippen MR) is 77.7 cm³/mol. The molecule has 0 spiro atoms. The van der Waals surface area contributed by atoms with E-state index in [1.807, 2.05) is 11.3 Å². The van der Waals surface area contributed by atoms with Crippen molar-refractivity contribution in [3.63, 3.8) is 0 Å². The first-order chi connectivity index (χ1) is 8.78. The van der Waals surface area contributed by atoms with E-state index in [4.69, 9.17) is 11.5 Å². The number of rotatable bonds is 4. The summed E-state index contributed by atoms with van der Waals surface area (Å²) in [6, 6.07) is 12.9. The third kappa shape index (κ3) is 2.34. The van der Waals surface area contributed by atoms with E-state index in [0.717, 1.165) is 11.5 Å².